The average molecular weight is 349 g/mol. The summed E-state index contributed by atoms with van der Waals surface area (Å²) in [6.45, 7) is 1.09. The highest BCUT2D eigenvalue weighted by Gasteiger charge is 2.23. The van der Waals surface area contributed by atoms with Crippen LogP contribution in [0.5, 0.6) is 0 Å². The number of nitrogens with zero attached hydrogens (tertiary/aromatic N) is 5. The van der Waals surface area contributed by atoms with Crippen LogP contribution in [-0.2, 0) is 17.8 Å². The Morgan fingerprint density at radius 3 is 2.73 bits per heavy atom. The first-order valence-corrected chi connectivity index (χ1v) is 8.56. The molecule has 2 heterocycles. The van der Waals surface area contributed by atoms with Crippen LogP contribution in [0.15, 0.2) is 54.9 Å². The van der Waals surface area contributed by atoms with E-state index in [0.29, 0.717) is 25.9 Å². The molecule has 0 saturated carbocycles. The standard InChI is InChI=1S/C19H19N5O2/c25-18-9-10-23(12-15-3-1-2-4-17(15)18)19(26)11-14-5-7-16(8-6-14)24-13-20-21-22-24/h1-8,13,18,25H,9-12H2. The highest BCUT2D eigenvalue weighted by atomic mass is 16.3. The molecule has 7 nitrogen and oxygen atoms in total. The summed E-state index contributed by atoms with van der Waals surface area (Å²) in [6, 6.07) is 15.4. The van der Waals surface area contributed by atoms with Crippen LogP contribution >= 0.6 is 0 Å². The summed E-state index contributed by atoms with van der Waals surface area (Å²) in [6.07, 6.45) is 1.90. The molecule has 0 spiro atoms. The molecule has 4 rings (SSSR count). The Morgan fingerprint density at radius 2 is 1.96 bits per heavy atom. The van der Waals surface area contributed by atoms with Crippen molar-refractivity contribution >= 4 is 5.91 Å². The molecule has 0 aliphatic carbocycles. The first-order valence-electron chi connectivity index (χ1n) is 8.56. The van der Waals surface area contributed by atoms with Crippen LogP contribution < -0.4 is 0 Å². The second-order valence-corrected chi connectivity index (χ2v) is 6.42. The van der Waals surface area contributed by atoms with Crippen molar-refractivity contribution in [3.63, 3.8) is 0 Å². The summed E-state index contributed by atoms with van der Waals surface area (Å²) >= 11 is 0. The molecule has 1 atom stereocenters. The number of hydrogen-bond donors (Lipinski definition) is 1. The number of aliphatic hydroxyl groups excluding tert-OH is 1. The Labute approximate surface area is 150 Å². The molecule has 132 valence electrons. The van der Waals surface area contributed by atoms with Crippen LogP contribution in [0.2, 0.25) is 0 Å². The summed E-state index contributed by atoms with van der Waals surface area (Å²) in [7, 11) is 0. The molecule has 1 aliphatic rings. The minimum atomic E-state index is -0.514. The molecule has 7 heteroatoms. The number of rotatable bonds is 3. The molecule has 1 aromatic heterocycles. The highest BCUT2D eigenvalue weighted by molar-refractivity contribution is 5.79. The molecule has 0 radical (unpaired) electrons. The number of benzene rings is 2. The van der Waals surface area contributed by atoms with Crippen LogP contribution in [-0.4, -0.2) is 42.7 Å². The van der Waals surface area contributed by atoms with Crippen molar-refractivity contribution in [1.82, 2.24) is 25.1 Å². The van der Waals surface area contributed by atoms with E-state index < -0.39 is 6.10 Å². The number of amides is 1. The average Bonchev–Trinajstić information content (AvgIpc) is 3.14. The Kier molecular flexibility index (Phi) is 4.45. The SMILES string of the molecule is O=C(Cc1ccc(-n2cnnn2)cc1)N1CCC(O)c2ccccc2C1. The van der Waals surface area contributed by atoms with Gasteiger partial charge in [0.2, 0.25) is 5.91 Å². The Bertz CT molecular complexity index is 893. The molecule has 1 amide bonds. The number of tetrazole rings is 1. The number of aliphatic hydroxyl groups is 1. The van der Waals surface area contributed by atoms with Gasteiger partial charge >= 0.3 is 0 Å². The fraction of sp³-hybridized carbons (Fsp3) is 0.263. The van der Waals surface area contributed by atoms with Gasteiger partial charge in [-0.25, -0.2) is 4.68 Å². The van der Waals surface area contributed by atoms with Gasteiger partial charge in [0.25, 0.3) is 0 Å². The molecule has 2 aromatic carbocycles. The molecular weight excluding hydrogens is 330 g/mol. The first-order chi connectivity index (χ1) is 12.7. The fourth-order valence-corrected chi connectivity index (χ4v) is 3.27. The van der Waals surface area contributed by atoms with Gasteiger partial charge < -0.3 is 10.0 Å². The van der Waals surface area contributed by atoms with Gasteiger partial charge in [-0.2, -0.15) is 0 Å². The van der Waals surface area contributed by atoms with Crippen molar-refractivity contribution in [1.29, 1.82) is 0 Å². The van der Waals surface area contributed by atoms with Crippen molar-refractivity contribution in [3.8, 4) is 5.69 Å². The molecule has 0 saturated heterocycles. The van der Waals surface area contributed by atoms with E-state index in [-0.39, 0.29) is 5.91 Å². The zero-order valence-corrected chi connectivity index (χ0v) is 14.2. The summed E-state index contributed by atoms with van der Waals surface area (Å²) in [4.78, 5) is 14.6. The Morgan fingerprint density at radius 1 is 1.15 bits per heavy atom. The Balaban J connectivity index is 1.46. The summed E-state index contributed by atoms with van der Waals surface area (Å²) in [5, 5.41) is 21.4. The molecule has 0 fully saturated rings. The van der Waals surface area contributed by atoms with Gasteiger partial charge in [0, 0.05) is 13.1 Å². The highest BCUT2D eigenvalue weighted by Crippen LogP contribution is 2.26. The second-order valence-electron chi connectivity index (χ2n) is 6.42. The van der Waals surface area contributed by atoms with Gasteiger partial charge in [-0.15, -0.1) is 5.10 Å². The van der Waals surface area contributed by atoms with Gasteiger partial charge in [0.05, 0.1) is 18.2 Å². The zero-order chi connectivity index (χ0) is 17.9. The third-order valence-corrected chi connectivity index (χ3v) is 4.71. The van der Waals surface area contributed by atoms with E-state index in [2.05, 4.69) is 15.5 Å². The largest absolute Gasteiger partial charge is 0.388 e. The molecule has 1 aliphatic heterocycles. The van der Waals surface area contributed by atoms with Gasteiger partial charge in [-0.05, 0) is 45.7 Å². The number of carbonyl (C=O) groups excluding carboxylic acids is 1. The van der Waals surface area contributed by atoms with E-state index in [9.17, 15) is 9.90 Å². The van der Waals surface area contributed by atoms with E-state index in [0.717, 1.165) is 22.4 Å². The minimum Gasteiger partial charge on any atom is -0.388 e. The smallest absolute Gasteiger partial charge is 0.227 e. The topological polar surface area (TPSA) is 84.1 Å². The van der Waals surface area contributed by atoms with Crippen molar-refractivity contribution in [2.75, 3.05) is 6.54 Å². The van der Waals surface area contributed by atoms with Crippen LogP contribution in [0.1, 0.15) is 29.2 Å². The van der Waals surface area contributed by atoms with Crippen LogP contribution in [0.3, 0.4) is 0 Å². The normalized spacial score (nSPS) is 16.8. The van der Waals surface area contributed by atoms with Crippen molar-refractivity contribution in [2.45, 2.75) is 25.5 Å². The fourth-order valence-electron chi connectivity index (χ4n) is 3.27. The summed E-state index contributed by atoms with van der Waals surface area (Å²) in [5.41, 5.74) is 3.72. The van der Waals surface area contributed by atoms with Crippen LogP contribution in [0.25, 0.3) is 5.69 Å². The quantitative estimate of drug-likeness (QED) is 0.778. The maximum absolute atomic E-state index is 12.8. The molecule has 0 bridgehead atoms. The predicted molar refractivity (Wildman–Crippen MR) is 94.3 cm³/mol. The monoisotopic (exact) mass is 349 g/mol. The van der Waals surface area contributed by atoms with Gasteiger partial charge in [-0.3, -0.25) is 4.79 Å². The van der Waals surface area contributed by atoms with Gasteiger partial charge in [-0.1, -0.05) is 36.4 Å². The molecule has 1 unspecified atom stereocenters. The lowest BCUT2D eigenvalue weighted by Gasteiger charge is -2.21. The predicted octanol–water partition coefficient (Wildman–Crippen LogP) is 1.67. The van der Waals surface area contributed by atoms with E-state index in [1.54, 1.807) is 4.68 Å². The van der Waals surface area contributed by atoms with E-state index in [1.165, 1.54) is 6.33 Å². The third kappa shape index (κ3) is 3.34. The second kappa shape index (κ2) is 7.05. The molecule has 3 aromatic rings. The van der Waals surface area contributed by atoms with E-state index >= 15 is 0 Å². The number of hydrogen-bond acceptors (Lipinski definition) is 5. The van der Waals surface area contributed by atoms with Gasteiger partial charge in [0.15, 0.2) is 0 Å². The van der Waals surface area contributed by atoms with Crippen molar-refractivity contribution < 1.29 is 9.90 Å². The number of fused-ring (bicyclic) bond motifs is 1. The van der Waals surface area contributed by atoms with Crippen molar-refractivity contribution in [3.05, 3.63) is 71.5 Å². The van der Waals surface area contributed by atoms with Gasteiger partial charge in [0.1, 0.15) is 6.33 Å². The lowest BCUT2D eigenvalue weighted by Crippen LogP contribution is -2.32. The maximum Gasteiger partial charge on any atom is 0.227 e. The van der Waals surface area contributed by atoms with Crippen LogP contribution in [0.4, 0.5) is 0 Å². The summed E-state index contributed by atoms with van der Waals surface area (Å²) < 4.78 is 1.57. The number of aromatic nitrogens is 4. The minimum absolute atomic E-state index is 0.0593. The zero-order valence-electron chi connectivity index (χ0n) is 14.2. The first kappa shape index (κ1) is 16.4. The molecule has 1 N–H and O–H groups in total. The number of carbonyl (C=O) groups is 1. The Hall–Kier alpha value is -3.06. The van der Waals surface area contributed by atoms with E-state index in [4.69, 9.17) is 0 Å². The van der Waals surface area contributed by atoms with Crippen molar-refractivity contribution in [2.24, 2.45) is 0 Å². The van der Waals surface area contributed by atoms with Crippen LogP contribution in [0, 0.1) is 0 Å². The van der Waals surface area contributed by atoms with E-state index in [1.807, 2.05) is 53.4 Å². The third-order valence-electron chi connectivity index (χ3n) is 4.71. The summed E-state index contributed by atoms with van der Waals surface area (Å²) in [5.74, 6) is 0.0593. The maximum atomic E-state index is 12.8. The molecule has 26 heavy (non-hydrogen) atoms. The lowest BCUT2D eigenvalue weighted by atomic mass is 10.0. The molecular formula is C19H19N5O2. The lowest BCUT2D eigenvalue weighted by molar-refractivity contribution is -0.131.